The Morgan fingerprint density at radius 2 is 2.08 bits per heavy atom. The Labute approximate surface area is 148 Å². The number of likely N-dealkylation sites (N-methyl/N-ethyl adjacent to an activating group) is 2. The third kappa shape index (κ3) is 4.18. The van der Waals surface area contributed by atoms with Crippen molar-refractivity contribution in [3.63, 3.8) is 0 Å². The molecule has 25 heavy (non-hydrogen) atoms. The normalized spacial score (nSPS) is 26.0. The number of nitrogens with zero attached hydrogens (tertiary/aromatic N) is 2. The number of rotatable bonds is 5. The zero-order valence-corrected chi connectivity index (χ0v) is 15.1. The van der Waals surface area contributed by atoms with Crippen LogP contribution in [0.3, 0.4) is 0 Å². The Hall–Kier alpha value is -1.11. The first-order chi connectivity index (χ1) is 11.8. The van der Waals surface area contributed by atoms with Gasteiger partial charge in [-0.1, -0.05) is 18.2 Å². The van der Waals surface area contributed by atoms with E-state index in [0.717, 1.165) is 57.1 Å². The summed E-state index contributed by atoms with van der Waals surface area (Å²) in [6.07, 6.45) is -0.477. The van der Waals surface area contributed by atoms with Gasteiger partial charge in [-0.15, -0.1) is 0 Å². The van der Waals surface area contributed by atoms with Crippen LogP contribution in [-0.2, 0) is 12.6 Å². The summed E-state index contributed by atoms with van der Waals surface area (Å²) in [5.74, 6) is 0. The second-order valence-corrected chi connectivity index (χ2v) is 7.69. The van der Waals surface area contributed by atoms with Gasteiger partial charge in [-0.2, -0.15) is 13.2 Å². The van der Waals surface area contributed by atoms with Gasteiger partial charge in [-0.05, 0) is 58.0 Å². The Balaban J connectivity index is 1.71. The molecule has 0 aliphatic carbocycles. The third-order valence-corrected chi connectivity index (χ3v) is 5.92. The van der Waals surface area contributed by atoms with Crippen molar-refractivity contribution in [1.29, 1.82) is 0 Å². The van der Waals surface area contributed by atoms with E-state index >= 15 is 0 Å². The van der Waals surface area contributed by atoms with Crippen molar-refractivity contribution in [2.45, 2.75) is 43.4 Å². The standard InChI is InChI=1S/C19H28F3N3/c1-24-12-17(13-24)25(2)18(8-4-10-23-14-18)9-7-15-5-3-6-16(11-15)19(20,21)22/h3,5-6,11,17,23H,4,7-10,12-14H2,1-2H3/t18-/m0/s1. The smallest absolute Gasteiger partial charge is 0.315 e. The van der Waals surface area contributed by atoms with Gasteiger partial charge in [0.1, 0.15) is 0 Å². The van der Waals surface area contributed by atoms with Crippen molar-refractivity contribution in [3.8, 4) is 0 Å². The van der Waals surface area contributed by atoms with Crippen LogP contribution in [0.4, 0.5) is 13.2 Å². The summed E-state index contributed by atoms with van der Waals surface area (Å²) >= 11 is 0. The lowest BCUT2D eigenvalue weighted by molar-refractivity contribution is -0.137. The van der Waals surface area contributed by atoms with Crippen molar-refractivity contribution in [3.05, 3.63) is 35.4 Å². The van der Waals surface area contributed by atoms with Gasteiger partial charge in [0.25, 0.3) is 0 Å². The van der Waals surface area contributed by atoms with Crippen LogP contribution < -0.4 is 5.32 Å². The van der Waals surface area contributed by atoms with Crippen molar-refractivity contribution >= 4 is 0 Å². The van der Waals surface area contributed by atoms with Gasteiger partial charge in [0.2, 0.25) is 0 Å². The first-order valence-electron chi connectivity index (χ1n) is 9.08. The average Bonchev–Trinajstić information content (AvgIpc) is 2.57. The summed E-state index contributed by atoms with van der Waals surface area (Å²) in [5, 5.41) is 3.51. The first-order valence-corrected chi connectivity index (χ1v) is 9.08. The monoisotopic (exact) mass is 355 g/mol. The number of halogens is 3. The van der Waals surface area contributed by atoms with Crippen molar-refractivity contribution in [2.24, 2.45) is 0 Å². The van der Waals surface area contributed by atoms with E-state index in [1.807, 2.05) is 6.07 Å². The van der Waals surface area contributed by atoms with Crippen LogP contribution in [0.15, 0.2) is 24.3 Å². The Morgan fingerprint density at radius 1 is 1.32 bits per heavy atom. The highest BCUT2D eigenvalue weighted by Crippen LogP contribution is 2.33. The summed E-state index contributed by atoms with van der Waals surface area (Å²) in [7, 11) is 4.32. The molecule has 140 valence electrons. The maximum Gasteiger partial charge on any atom is 0.416 e. The zero-order chi connectivity index (χ0) is 18.1. The minimum absolute atomic E-state index is 0.0401. The third-order valence-electron chi connectivity index (χ3n) is 5.92. The predicted octanol–water partition coefficient (Wildman–Crippen LogP) is 3.01. The van der Waals surface area contributed by atoms with Crippen LogP contribution in [0.5, 0.6) is 0 Å². The lowest BCUT2D eigenvalue weighted by Gasteiger charge is -2.53. The molecule has 2 fully saturated rings. The molecule has 1 atom stereocenters. The van der Waals surface area contributed by atoms with E-state index < -0.39 is 11.7 Å². The van der Waals surface area contributed by atoms with Gasteiger partial charge in [0, 0.05) is 31.2 Å². The molecular weight excluding hydrogens is 327 g/mol. The molecule has 0 amide bonds. The molecule has 1 aromatic carbocycles. The minimum atomic E-state index is -4.27. The zero-order valence-electron chi connectivity index (χ0n) is 15.1. The average molecular weight is 355 g/mol. The molecule has 1 aromatic rings. The van der Waals surface area contributed by atoms with E-state index in [9.17, 15) is 13.2 Å². The molecule has 2 heterocycles. The fraction of sp³-hybridized carbons (Fsp3) is 0.684. The van der Waals surface area contributed by atoms with E-state index in [0.29, 0.717) is 12.5 Å². The van der Waals surface area contributed by atoms with Crippen molar-refractivity contribution in [1.82, 2.24) is 15.1 Å². The van der Waals surface area contributed by atoms with Gasteiger partial charge < -0.3 is 10.2 Å². The molecule has 0 bridgehead atoms. The van der Waals surface area contributed by atoms with E-state index in [2.05, 4.69) is 29.2 Å². The van der Waals surface area contributed by atoms with Crippen LogP contribution in [-0.4, -0.2) is 61.7 Å². The number of hydrogen-bond acceptors (Lipinski definition) is 3. The number of piperidine rings is 1. The number of benzene rings is 1. The fourth-order valence-corrected chi connectivity index (χ4v) is 4.22. The van der Waals surface area contributed by atoms with E-state index in [-0.39, 0.29) is 5.54 Å². The maximum absolute atomic E-state index is 12.9. The number of aryl methyl sites for hydroxylation is 1. The number of nitrogens with one attached hydrogen (secondary N) is 1. The highest BCUT2D eigenvalue weighted by Gasteiger charge is 2.42. The number of likely N-dealkylation sites (tertiary alicyclic amines) is 1. The van der Waals surface area contributed by atoms with Crippen molar-refractivity contribution < 1.29 is 13.2 Å². The van der Waals surface area contributed by atoms with E-state index in [4.69, 9.17) is 0 Å². The molecule has 1 N–H and O–H groups in total. The van der Waals surface area contributed by atoms with E-state index in [1.165, 1.54) is 12.1 Å². The fourth-order valence-electron chi connectivity index (χ4n) is 4.22. The molecule has 0 radical (unpaired) electrons. The Morgan fingerprint density at radius 3 is 2.68 bits per heavy atom. The molecule has 0 aromatic heterocycles. The van der Waals surface area contributed by atoms with Crippen molar-refractivity contribution in [2.75, 3.05) is 40.3 Å². The molecule has 2 saturated heterocycles. The van der Waals surface area contributed by atoms with Gasteiger partial charge in [0.15, 0.2) is 0 Å². The van der Waals surface area contributed by atoms with Crippen LogP contribution in [0.1, 0.15) is 30.4 Å². The summed E-state index contributed by atoms with van der Waals surface area (Å²) in [5.41, 5.74) is 0.270. The topological polar surface area (TPSA) is 18.5 Å². The van der Waals surface area contributed by atoms with Gasteiger partial charge in [0.05, 0.1) is 5.56 Å². The first kappa shape index (κ1) is 18.7. The molecule has 3 nitrogen and oxygen atoms in total. The molecule has 2 aliphatic rings. The van der Waals surface area contributed by atoms with Gasteiger partial charge in [-0.25, -0.2) is 0 Å². The maximum atomic E-state index is 12.9. The summed E-state index contributed by atoms with van der Waals surface area (Å²) in [6, 6.07) is 6.34. The highest BCUT2D eigenvalue weighted by molar-refractivity contribution is 5.26. The van der Waals surface area contributed by atoms with Crippen LogP contribution in [0, 0.1) is 0 Å². The molecule has 0 spiro atoms. The molecule has 2 aliphatic heterocycles. The molecule has 0 saturated carbocycles. The molecular formula is C19H28F3N3. The number of alkyl halides is 3. The summed E-state index contributed by atoms with van der Waals surface area (Å²) in [6.45, 7) is 4.09. The Kier molecular flexibility index (Phi) is 5.42. The van der Waals surface area contributed by atoms with E-state index in [1.54, 1.807) is 0 Å². The summed E-state index contributed by atoms with van der Waals surface area (Å²) < 4.78 is 38.8. The summed E-state index contributed by atoms with van der Waals surface area (Å²) in [4.78, 5) is 4.80. The largest absolute Gasteiger partial charge is 0.416 e. The van der Waals surface area contributed by atoms with Gasteiger partial charge >= 0.3 is 6.18 Å². The lowest BCUT2D eigenvalue weighted by atomic mass is 9.81. The SMILES string of the molecule is CN1CC(N(C)[C@]2(CCc3cccc(C(F)(F)F)c3)CCCNC2)C1. The van der Waals surface area contributed by atoms with Crippen LogP contribution in [0.25, 0.3) is 0 Å². The molecule has 0 unspecified atom stereocenters. The Bertz CT molecular complexity index is 576. The van der Waals surface area contributed by atoms with Crippen LogP contribution >= 0.6 is 0 Å². The minimum Gasteiger partial charge on any atom is -0.315 e. The quantitative estimate of drug-likeness (QED) is 0.876. The highest BCUT2D eigenvalue weighted by atomic mass is 19.4. The lowest BCUT2D eigenvalue weighted by Crippen LogP contribution is -2.66. The second kappa shape index (κ2) is 7.25. The van der Waals surface area contributed by atoms with Crippen LogP contribution in [0.2, 0.25) is 0 Å². The predicted molar refractivity (Wildman–Crippen MR) is 93.6 cm³/mol. The van der Waals surface area contributed by atoms with Gasteiger partial charge in [-0.3, -0.25) is 4.90 Å². The molecule has 6 heteroatoms. The molecule has 3 rings (SSSR count). The second-order valence-electron chi connectivity index (χ2n) is 7.69. The number of hydrogen-bond donors (Lipinski definition) is 1.